The van der Waals surface area contributed by atoms with Crippen LogP contribution in [0.4, 0.5) is 24.5 Å². The molecule has 0 spiro atoms. The number of aliphatic hydroxyl groups excluding tert-OH is 1. The van der Waals surface area contributed by atoms with Gasteiger partial charge in [0.2, 0.25) is 0 Å². The number of aromatic carboxylic acids is 1. The maximum Gasteiger partial charge on any atom is 0.416 e. The summed E-state index contributed by atoms with van der Waals surface area (Å²) in [7, 11) is 0. The van der Waals surface area contributed by atoms with Gasteiger partial charge in [-0.1, -0.05) is 0 Å². The monoisotopic (exact) mass is 294 g/mol. The van der Waals surface area contributed by atoms with Crippen LogP contribution in [0.2, 0.25) is 0 Å². The Bertz CT molecular complexity index is 532. The largest absolute Gasteiger partial charge is 0.478 e. The maximum absolute atomic E-state index is 12.1. The Hall–Kier alpha value is -2.36. The molecule has 7 nitrogen and oxygen atoms in total. The third-order valence-corrected chi connectivity index (χ3v) is 2.31. The van der Waals surface area contributed by atoms with Crippen molar-refractivity contribution in [1.82, 2.24) is 0 Å². The molecule has 0 bridgehead atoms. The second kappa shape index (κ2) is 5.74. The van der Waals surface area contributed by atoms with Gasteiger partial charge in [0.05, 0.1) is 10.5 Å². The van der Waals surface area contributed by atoms with Crippen LogP contribution in [0.15, 0.2) is 18.2 Å². The number of hydrogen-bond acceptors (Lipinski definition) is 5. The lowest BCUT2D eigenvalue weighted by atomic mass is 10.1. The molecule has 110 valence electrons. The summed E-state index contributed by atoms with van der Waals surface area (Å²) in [5, 5.41) is 30.2. The minimum absolute atomic E-state index is 0.258. The Morgan fingerprint density at radius 3 is 2.50 bits per heavy atom. The molecule has 0 aliphatic rings. The van der Waals surface area contributed by atoms with E-state index in [1.54, 1.807) is 0 Å². The number of rotatable bonds is 5. The number of carboxylic acids is 1. The van der Waals surface area contributed by atoms with Crippen molar-refractivity contribution in [3.05, 3.63) is 33.9 Å². The van der Waals surface area contributed by atoms with Crippen molar-refractivity contribution in [2.45, 2.75) is 12.3 Å². The molecular formula is C10H9F3N2O5. The fourth-order valence-electron chi connectivity index (χ4n) is 1.30. The van der Waals surface area contributed by atoms with Gasteiger partial charge in [0.25, 0.3) is 5.69 Å². The first-order valence-electron chi connectivity index (χ1n) is 5.13. The average molecular weight is 294 g/mol. The van der Waals surface area contributed by atoms with E-state index < -0.39 is 41.0 Å². The van der Waals surface area contributed by atoms with Gasteiger partial charge >= 0.3 is 12.1 Å². The number of nitrogens with zero attached hydrogens (tertiary/aromatic N) is 1. The number of nitro benzene ring substituents is 1. The van der Waals surface area contributed by atoms with Crippen LogP contribution in [0.1, 0.15) is 10.4 Å². The molecule has 0 aromatic heterocycles. The summed E-state index contributed by atoms with van der Waals surface area (Å²) in [5.41, 5.74) is -1.33. The van der Waals surface area contributed by atoms with Gasteiger partial charge in [-0.05, 0) is 6.07 Å². The van der Waals surface area contributed by atoms with Crippen LogP contribution >= 0.6 is 0 Å². The van der Waals surface area contributed by atoms with Crippen molar-refractivity contribution in [3.63, 3.8) is 0 Å². The van der Waals surface area contributed by atoms with Crippen molar-refractivity contribution in [3.8, 4) is 0 Å². The second-order valence-electron chi connectivity index (χ2n) is 3.73. The lowest BCUT2D eigenvalue weighted by Gasteiger charge is -2.16. The molecule has 0 heterocycles. The van der Waals surface area contributed by atoms with Crippen molar-refractivity contribution in [1.29, 1.82) is 0 Å². The Morgan fingerprint density at radius 1 is 1.45 bits per heavy atom. The third-order valence-electron chi connectivity index (χ3n) is 2.31. The van der Waals surface area contributed by atoms with Gasteiger partial charge in [-0.2, -0.15) is 13.2 Å². The van der Waals surface area contributed by atoms with Gasteiger partial charge in [-0.15, -0.1) is 0 Å². The number of nitro groups is 1. The lowest BCUT2D eigenvalue weighted by Crippen LogP contribution is -2.35. The summed E-state index contributed by atoms with van der Waals surface area (Å²) in [6.07, 6.45) is -7.53. The number of carbonyl (C=O) groups is 1. The highest BCUT2D eigenvalue weighted by molar-refractivity contribution is 5.95. The van der Waals surface area contributed by atoms with Gasteiger partial charge in [0, 0.05) is 24.4 Å². The molecule has 0 aliphatic heterocycles. The summed E-state index contributed by atoms with van der Waals surface area (Å²) < 4.78 is 36.3. The fraction of sp³-hybridized carbons (Fsp3) is 0.300. The van der Waals surface area contributed by atoms with Gasteiger partial charge < -0.3 is 15.5 Å². The Labute approximate surface area is 109 Å². The number of hydrogen-bond donors (Lipinski definition) is 3. The van der Waals surface area contributed by atoms with E-state index in [9.17, 15) is 28.1 Å². The second-order valence-corrected chi connectivity index (χ2v) is 3.73. The minimum Gasteiger partial charge on any atom is -0.478 e. The van der Waals surface area contributed by atoms with Gasteiger partial charge in [-0.3, -0.25) is 10.1 Å². The number of nitrogens with one attached hydrogen (secondary N) is 1. The highest BCUT2D eigenvalue weighted by atomic mass is 19.4. The summed E-state index contributed by atoms with van der Waals surface area (Å²) >= 11 is 0. The first kappa shape index (κ1) is 15.7. The zero-order valence-corrected chi connectivity index (χ0v) is 9.72. The van der Waals surface area contributed by atoms with Gasteiger partial charge in [0.15, 0.2) is 6.10 Å². The van der Waals surface area contributed by atoms with Crippen molar-refractivity contribution < 1.29 is 33.1 Å². The van der Waals surface area contributed by atoms with E-state index in [2.05, 4.69) is 5.32 Å². The van der Waals surface area contributed by atoms with Crippen molar-refractivity contribution >= 4 is 17.3 Å². The molecular weight excluding hydrogens is 285 g/mol. The zero-order valence-electron chi connectivity index (χ0n) is 9.72. The van der Waals surface area contributed by atoms with Crippen molar-refractivity contribution in [2.75, 3.05) is 11.9 Å². The Morgan fingerprint density at radius 2 is 2.05 bits per heavy atom. The van der Waals surface area contributed by atoms with Crippen LogP contribution in [-0.4, -0.2) is 39.9 Å². The van der Waals surface area contributed by atoms with E-state index in [1.807, 2.05) is 0 Å². The number of non-ortho nitro benzene ring substituents is 1. The highest BCUT2D eigenvalue weighted by Crippen LogP contribution is 2.24. The normalized spacial score (nSPS) is 12.8. The molecule has 20 heavy (non-hydrogen) atoms. The van der Waals surface area contributed by atoms with E-state index >= 15 is 0 Å². The van der Waals surface area contributed by atoms with E-state index in [0.29, 0.717) is 6.07 Å². The predicted octanol–water partition coefficient (Wildman–Crippen LogP) is 1.63. The van der Waals surface area contributed by atoms with Crippen LogP contribution in [0.5, 0.6) is 0 Å². The Kier molecular flexibility index (Phi) is 4.50. The van der Waals surface area contributed by atoms with E-state index in [-0.39, 0.29) is 5.69 Å². The molecule has 0 saturated carbocycles. The van der Waals surface area contributed by atoms with Crippen LogP contribution < -0.4 is 5.32 Å². The van der Waals surface area contributed by atoms with Crippen LogP contribution in [0.25, 0.3) is 0 Å². The van der Waals surface area contributed by atoms with E-state index in [1.165, 1.54) is 0 Å². The zero-order chi connectivity index (χ0) is 15.5. The quantitative estimate of drug-likeness (QED) is 0.562. The molecule has 0 fully saturated rings. The molecule has 0 amide bonds. The summed E-state index contributed by atoms with van der Waals surface area (Å²) in [4.78, 5) is 20.5. The maximum atomic E-state index is 12.1. The van der Waals surface area contributed by atoms with E-state index in [0.717, 1.165) is 12.1 Å². The smallest absolute Gasteiger partial charge is 0.416 e. The lowest BCUT2D eigenvalue weighted by molar-refractivity contribution is -0.384. The molecule has 1 unspecified atom stereocenters. The number of benzene rings is 1. The SMILES string of the molecule is O=C(O)c1cc([N+](=O)[O-])ccc1NCC(O)C(F)(F)F. The summed E-state index contributed by atoms with van der Waals surface area (Å²) in [6.45, 7) is -0.971. The molecule has 1 aromatic carbocycles. The third kappa shape index (κ3) is 3.82. The molecule has 10 heteroatoms. The van der Waals surface area contributed by atoms with E-state index in [4.69, 9.17) is 10.2 Å². The fourth-order valence-corrected chi connectivity index (χ4v) is 1.30. The van der Waals surface area contributed by atoms with Crippen LogP contribution in [0, 0.1) is 10.1 Å². The number of alkyl halides is 3. The van der Waals surface area contributed by atoms with Gasteiger partial charge in [0.1, 0.15) is 0 Å². The first-order chi connectivity index (χ1) is 9.12. The number of halogens is 3. The topological polar surface area (TPSA) is 113 Å². The number of anilines is 1. The first-order valence-corrected chi connectivity index (χ1v) is 5.13. The number of carboxylic acid groups (broad SMARTS) is 1. The number of aliphatic hydroxyl groups is 1. The standard InChI is InChI=1S/C10H9F3N2O5/c11-10(12,13)8(16)4-14-7-2-1-5(15(19)20)3-6(7)9(17)18/h1-3,8,14,16H,4H2,(H,17,18). The van der Waals surface area contributed by atoms with Crippen LogP contribution in [0.3, 0.4) is 0 Å². The molecule has 0 saturated heterocycles. The average Bonchev–Trinajstić information content (AvgIpc) is 2.34. The molecule has 0 aliphatic carbocycles. The molecule has 1 rings (SSSR count). The molecule has 3 N–H and O–H groups in total. The molecule has 0 radical (unpaired) electrons. The van der Waals surface area contributed by atoms with Crippen molar-refractivity contribution in [2.24, 2.45) is 0 Å². The Balaban J connectivity index is 2.95. The molecule has 1 atom stereocenters. The summed E-state index contributed by atoms with van der Waals surface area (Å²) in [6, 6.07) is 2.62. The van der Waals surface area contributed by atoms with Crippen LogP contribution in [-0.2, 0) is 0 Å². The van der Waals surface area contributed by atoms with Gasteiger partial charge in [-0.25, -0.2) is 4.79 Å². The minimum atomic E-state index is -4.85. The summed E-state index contributed by atoms with van der Waals surface area (Å²) in [5.74, 6) is -1.54. The highest BCUT2D eigenvalue weighted by Gasteiger charge is 2.38. The predicted molar refractivity (Wildman–Crippen MR) is 60.6 cm³/mol. The molecule has 1 aromatic rings.